The van der Waals surface area contributed by atoms with Gasteiger partial charge in [0.05, 0.1) is 16.2 Å². The number of rotatable bonds is 2. The van der Waals surface area contributed by atoms with Crippen LogP contribution in [-0.4, -0.2) is 21.1 Å². The van der Waals surface area contributed by atoms with E-state index in [1.807, 2.05) is 6.07 Å². The molecule has 2 heterocycles. The van der Waals surface area contributed by atoms with Crippen LogP contribution in [0.5, 0.6) is 0 Å². The van der Waals surface area contributed by atoms with Crippen molar-refractivity contribution in [3.05, 3.63) is 53.3 Å². The number of nitrogens with two attached hydrogens (primary N) is 1. The largest absolute Gasteiger partial charge is 0.382 e. The third-order valence-corrected chi connectivity index (χ3v) is 3.21. The van der Waals surface area contributed by atoms with Gasteiger partial charge >= 0.3 is 0 Å². The number of carbonyl (C=O) groups excluding carboxylic acids is 1. The third kappa shape index (κ3) is 2.61. The van der Waals surface area contributed by atoms with Crippen LogP contribution in [0.4, 0.5) is 11.5 Å². The number of nitrogen functional groups attached to an aromatic ring is 1. The molecule has 0 spiro atoms. The van der Waals surface area contributed by atoms with E-state index in [0.717, 1.165) is 5.39 Å². The van der Waals surface area contributed by atoms with Crippen molar-refractivity contribution >= 4 is 39.9 Å². The van der Waals surface area contributed by atoms with Crippen LogP contribution in [0, 0.1) is 0 Å². The van der Waals surface area contributed by atoms with Crippen LogP contribution < -0.4 is 11.1 Å². The number of hydrogen-bond donors (Lipinski definition) is 2. The molecule has 0 bridgehead atoms. The van der Waals surface area contributed by atoms with E-state index in [1.165, 1.54) is 12.1 Å². The number of anilines is 2. The number of halogens is 1. The summed E-state index contributed by atoms with van der Waals surface area (Å²) in [5, 5.41) is 11.5. The summed E-state index contributed by atoms with van der Waals surface area (Å²) in [5.41, 5.74) is 6.78. The van der Waals surface area contributed by atoms with E-state index in [1.54, 1.807) is 24.4 Å². The number of nitrogens with zero attached hydrogens (tertiary/aromatic N) is 3. The van der Waals surface area contributed by atoms with Gasteiger partial charge in [-0.05, 0) is 36.4 Å². The Labute approximate surface area is 125 Å². The van der Waals surface area contributed by atoms with Crippen LogP contribution in [-0.2, 0) is 0 Å². The molecule has 21 heavy (non-hydrogen) atoms. The monoisotopic (exact) mass is 299 g/mol. The number of hydrogen-bond acceptors (Lipinski definition) is 5. The summed E-state index contributed by atoms with van der Waals surface area (Å²) in [6.07, 6.45) is 1.64. The predicted octanol–water partition coefficient (Wildman–Crippen LogP) is 2.51. The Balaban J connectivity index is 1.97. The van der Waals surface area contributed by atoms with Gasteiger partial charge in [0.1, 0.15) is 5.82 Å². The van der Waals surface area contributed by atoms with Gasteiger partial charge in [0, 0.05) is 11.6 Å². The molecule has 6 nitrogen and oxygen atoms in total. The lowest BCUT2D eigenvalue weighted by Gasteiger charge is -2.08. The molecule has 0 saturated carbocycles. The average molecular weight is 300 g/mol. The highest BCUT2D eigenvalue weighted by molar-refractivity contribution is 6.36. The van der Waals surface area contributed by atoms with Crippen molar-refractivity contribution in [1.82, 2.24) is 15.2 Å². The van der Waals surface area contributed by atoms with Gasteiger partial charge < -0.3 is 11.1 Å². The van der Waals surface area contributed by atoms with E-state index < -0.39 is 5.91 Å². The first-order valence-electron chi connectivity index (χ1n) is 6.09. The summed E-state index contributed by atoms with van der Waals surface area (Å²) in [5.74, 6) is -0.137. The SMILES string of the molecule is Nc1ccc(C(=O)Nc2ccc(Cl)c3cccnc23)nn1. The van der Waals surface area contributed by atoms with E-state index in [-0.39, 0.29) is 11.5 Å². The van der Waals surface area contributed by atoms with E-state index in [9.17, 15) is 4.79 Å². The highest BCUT2D eigenvalue weighted by Gasteiger charge is 2.12. The lowest BCUT2D eigenvalue weighted by molar-refractivity contribution is 0.102. The van der Waals surface area contributed by atoms with Crippen molar-refractivity contribution in [2.75, 3.05) is 11.1 Å². The number of carbonyl (C=O) groups is 1. The quantitative estimate of drug-likeness (QED) is 0.758. The smallest absolute Gasteiger partial charge is 0.276 e. The summed E-state index contributed by atoms with van der Waals surface area (Å²) >= 11 is 6.11. The zero-order chi connectivity index (χ0) is 14.8. The van der Waals surface area contributed by atoms with Crippen LogP contribution in [0.15, 0.2) is 42.6 Å². The van der Waals surface area contributed by atoms with Crippen molar-refractivity contribution in [1.29, 1.82) is 0 Å². The molecule has 2 aromatic heterocycles. The van der Waals surface area contributed by atoms with Gasteiger partial charge in [0.25, 0.3) is 5.91 Å². The summed E-state index contributed by atoms with van der Waals surface area (Å²) in [6, 6.07) is 10.0. The highest BCUT2D eigenvalue weighted by atomic mass is 35.5. The fraction of sp³-hybridized carbons (Fsp3) is 0. The van der Waals surface area contributed by atoms with Crippen molar-refractivity contribution < 1.29 is 4.79 Å². The number of amides is 1. The Morgan fingerprint density at radius 3 is 2.76 bits per heavy atom. The van der Waals surface area contributed by atoms with Gasteiger partial charge in [-0.2, -0.15) is 0 Å². The minimum atomic E-state index is -0.392. The summed E-state index contributed by atoms with van der Waals surface area (Å²) in [4.78, 5) is 16.4. The maximum atomic E-state index is 12.1. The molecule has 0 unspecified atom stereocenters. The molecule has 1 aromatic carbocycles. The molecule has 0 aliphatic rings. The molecule has 0 fully saturated rings. The summed E-state index contributed by atoms with van der Waals surface area (Å²) in [7, 11) is 0. The zero-order valence-electron chi connectivity index (χ0n) is 10.7. The Kier molecular flexibility index (Phi) is 3.37. The van der Waals surface area contributed by atoms with Crippen LogP contribution in [0.2, 0.25) is 5.02 Å². The second-order valence-corrected chi connectivity index (χ2v) is 4.70. The molecule has 3 rings (SSSR count). The lowest BCUT2D eigenvalue weighted by atomic mass is 10.2. The van der Waals surface area contributed by atoms with Gasteiger partial charge in [-0.3, -0.25) is 9.78 Å². The molecule has 7 heteroatoms. The molecule has 1 amide bonds. The minimum Gasteiger partial charge on any atom is -0.382 e. The highest BCUT2D eigenvalue weighted by Crippen LogP contribution is 2.28. The lowest BCUT2D eigenvalue weighted by Crippen LogP contribution is -2.15. The van der Waals surface area contributed by atoms with Gasteiger partial charge in [0.15, 0.2) is 5.69 Å². The number of nitrogens with one attached hydrogen (secondary N) is 1. The number of fused-ring (bicyclic) bond motifs is 1. The topological polar surface area (TPSA) is 93.8 Å². The molecule has 3 N–H and O–H groups in total. The fourth-order valence-electron chi connectivity index (χ4n) is 1.89. The van der Waals surface area contributed by atoms with Crippen LogP contribution in [0.1, 0.15) is 10.5 Å². The van der Waals surface area contributed by atoms with Crippen molar-refractivity contribution in [3.8, 4) is 0 Å². The van der Waals surface area contributed by atoms with E-state index >= 15 is 0 Å². The van der Waals surface area contributed by atoms with Crippen molar-refractivity contribution in [2.24, 2.45) is 0 Å². The van der Waals surface area contributed by atoms with Crippen LogP contribution in [0.3, 0.4) is 0 Å². The molecule has 0 atom stereocenters. The normalized spacial score (nSPS) is 10.5. The van der Waals surface area contributed by atoms with E-state index in [4.69, 9.17) is 17.3 Å². The average Bonchev–Trinajstić information content (AvgIpc) is 2.51. The first kappa shape index (κ1) is 13.3. The first-order valence-corrected chi connectivity index (χ1v) is 6.47. The second kappa shape index (κ2) is 5.34. The summed E-state index contributed by atoms with van der Waals surface area (Å²) < 4.78 is 0. The van der Waals surface area contributed by atoms with Crippen molar-refractivity contribution in [2.45, 2.75) is 0 Å². The van der Waals surface area contributed by atoms with Gasteiger partial charge in [-0.15, -0.1) is 10.2 Å². The molecule has 104 valence electrons. The first-order chi connectivity index (χ1) is 10.1. The number of aromatic nitrogens is 3. The standard InChI is InChI=1S/C14H10ClN5O/c15-9-3-4-10(13-8(9)2-1-7-17-13)18-14(21)11-5-6-12(16)20-19-11/h1-7H,(H2,16,20)(H,18,21). The Hall–Kier alpha value is -2.73. The second-order valence-electron chi connectivity index (χ2n) is 4.29. The maximum absolute atomic E-state index is 12.1. The Morgan fingerprint density at radius 2 is 2.00 bits per heavy atom. The van der Waals surface area contributed by atoms with Crippen molar-refractivity contribution in [3.63, 3.8) is 0 Å². The van der Waals surface area contributed by atoms with Gasteiger partial charge in [-0.1, -0.05) is 11.6 Å². The van der Waals surface area contributed by atoms with Gasteiger partial charge in [-0.25, -0.2) is 0 Å². The Bertz CT molecular complexity index is 819. The molecule has 3 aromatic rings. The van der Waals surface area contributed by atoms with Crippen LogP contribution in [0.25, 0.3) is 10.9 Å². The Morgan fingerprint density at radius 1 is 1.14 bits per heavy atom. The molecular weight excluding hydrogens is 290 g/mol. The minimum absolute atomic E-state index is 0.170. The molecule has 0 aliphatic heterocycles. The number of benzene rings is 1. The third-order valence-electron chi connectivity index (χ3n) is 2.88. The predicted molar refractivity (Wildman–Crippen MR) is 81.2 cm³/mol. The zero-order valence-corrected chi connectivity index (χ0v) is 11.5. The molecular formula is C14H10ClN5O. The van der Waals surface area contributed by atoms with E-state index in [2.05, 4.69) is 20.5 Å². The molecule has 0 radical (unpaired) electrons. The molecule has 0 aliphatic carbocycles. The fourth-order valence-corrected chi connectivity index (χ4v) is 2.10. The van der Waals surface area contributed by atoms with E-state index in [0.29, 0.717) is 16.2 Å². The van der Waals surface area contributed by atoms with Crippen LogP contribution >= 0.6 is 11.6 Å². The number of pyridine rings is 1. The molecule has 0 saturated heterocycles. The summed E-state index contributed by atoms with van der Waals surface area (Å²) in [6.45, 7) is 0. The van der Waals surface area contributed by atoms with Gasteiger partial charge in [0.2, 0.25) is 0 Å². The maximum Gasteiger partial charge on any atom is 0.276 e.